The number of hydrogen-bond donors (Lipinski definition) is 1. The third-order valence-electron chi connectivity index (χ3n) is 3.02. The van der Waals surface area contributed by atoms with Crippen molar-refractivity contribution in [3.63, 3.8) is 0 Å². The lowest BCUT2D eigenvalue weighted by molar-refractivity contribution is 0.255. The fraction of sp³-hybridized carbons (Fsp3) is 0.438. The Balaban J connectivity index is 1.87. The molecule has 0 saturated carbocycles. The van der Waals surface area contributed by atoms with Crippen LogP contribution < -0.4 is 10.1 Å². The molecule has 3 heteroatoms. The van der Waals surface area contributed by atoms with E-state index in [0.29, 0.717) is 5.92 Å². The molecule has 1 aromatic carbocycles. The van der Waals surface area contributed by atoms with Gasteiger partial charge in [-0.1, -0.05) is 32.0 Å². The summed E-state index contributed by atoms with van der Waals surface area (Å²) >= 11 is 0. The number of pyridine rings is 1. The van der Waals surface area contributed by atoms with Gasteiger partial charge in [0, 0.05) is 17.8 Å². The van der Waals surface area contributed by atoms with E-state index in [1.165, 1.54) is 6.42 Å². The molecular weight excluding hydrogens is 236 g/mol. The fourth-order valence-electron chi connectivity index (χ4n) is 1.95. The molecule has 0 amide bonds. The molecule has 0 spiro atoms. The van der Waals surface area contributed by atoms with Crippen LogP contribution in [0.3, 0.4) is 0 Å². The maximum atomic E-state index is 5.80. The SMILES string of the molecule is CCCNCC(C)COc1cnc2ccccc2c1. The van der Waals surface area contributed by atoms with Crippen LogP contribution in [-0.2, 0) is 0 Å². The van der Waals surface area contributed by atoms with Crippen molar-refractivity contribution < 1.29 is 4.74 Å². The van der Waals surface area contributed by atoms with Crippen LogP contribution in [0, 0.1) is 5.92 Å². The van der Waals surface area contributed by atoms with E-state index in [0.717, 1.165) is 36.3 Å². The first-order chi connectivity index (χ1) is 9.29. The quantitative estimate of drug-likeness (QED) is 0.774. The maximum absolute atomic E-state index is 5.80. The Morgan fingerprint density at radius 2 is 2.16 bits per heavy atom. The molecule has 0 radical (unpaired) electrons. The van der Waals surface area contributed by atoms with Crippen LogP contribution in [0.25, 0.3) is 10.9 Å². The van der Waals surface area contributed by atoms with Crippen molar-refractivity contribution in [3.8, 4) is 5.75 Å². The van der Waals surface area contributed by atoms with Gasteiger partial charge < -0.3 is 10.1 Å². The van der Waals surface area contributed by atoms with Gasteiger partial charge in [0.2, 0.25) is 0 Å². The summed E-state index contributed by atoms with van der Waals surface area (Å²) in [6.45, 7) is 7.15. The summed E-state index contributed by atoms with van der Waals surface area (Å²) in [4.78, 5) is 4.39. The summed E-state index contributed by atoms with van der Waals surface area (Å²) in [5.74, 6) is 1.35. The first kappa shape index (κ1) is 13.8. The number of rotatable bonds is 7. The summed E-state index contributed by atoms with van der Waals surface area (Å²) in [5, 5.41) is 4.53. The van der Waals surface area contributed by atoms with E-state index >= 15 is 0 Å². The standard InChI is InChI=1S/C16H22N2O/c1-3-8-17-10-13(2)12-19-15-9-14-6-4-5-7-16(14)18-11-15/h4-7,9,11,13,17H,3,8,10,12H2,1-2H3. The second-order valence-electron chi connectivity index (χ2n) is 4.98. The van der Waals surface area contributed by atoms with Crippen LogP contribution in [-0.4, -0.2) is 24.7 Å². The summed E-state index contributed by atoms with van der Waals surface area (Å²) in [7, 11) is 0. The largest absolute Gasteiger partial charge is 0.492 e. The minimum Gasteiger partial charge on any atom is -0.492 e. The Bertz CT molecular complexity index is 513. The van der Waals surface area contributed by atoms with E-state index in [4.69, 9.17) is 4.74 Å². The van der Waals surface area contributed by atoms with Gasteiger partial charge >= 0.3 is 0 Å². The topological polar surface area (TPSA) is 34.1 Å². The monoisotopic (exact) mass is 258 g/mol. The Morgan fingerprint density at radius 3 is 3.00 bits per heavy atom. The molecule has 102 valence electrons. The zero-order valence-corrected chi connectivity index (χ0v) is 11.7. The van der Waals surface area contributed by atoms with Gasteiger partial charge in [0.15, 0.2) is 0 Å². The first-order valence-electron chi connectivity index (χ1n) is 6.98. The number of fused-ring (bicyclic) bond motifs is 1. The van der Waals surface area contributed by atoms with Gasteiger partial charge in [0.25, 0.3) is 0 Å². The van der Waals surface area contributed by atoms with Crippen LogP contribution in [0.2, 0.25) is 0 Å². The second-order valence-corrected chi connectivity index (χ2v) is 4.98. The van der Waals surface area contributed by atoms with E-state index < -0.39 is 0 Å². The molecule has 1 aromatic heterocycles. The Morgan fingerprint density at radius 1 is 1.32 bits per heavy atom. The summed E-state index contributed by atoms with van der Waals surface area (Å²) in [6, 6.07) is 10.1. The van der Waals surface area contributed by atoms with Crippen molar-refractivity contribution in [1.82, 2.24) is 10.3 Å². The number of hydrogen-bond acceptors (Lipinski definition) is 3. The summed E-state index contributed by atoms with van der Waals surface area (Å²) in [6.07, 6.45) is 2.97. The van der Waals surface area contributed by atoms with Crippen LogP contribution >= 0.6 is 0 Å². The molecule has 1 atom stereocenters. The van der Waals surface area contributed by atoms with E-state index in [2.05, 4.69) is 36.3 Å². The predicted octanol–water partition coefficient (Wildman–Crippen LogP) is 3.25. The average Bonchev–Trinajstić information content (AvgIpc) is 2.45. The molecule has 3 nitrogen and oxygen atoms in total. The second kappa shape index (κ2) is 7.10. The van der Waals surface area contributed by atoms with E-state index in [1.807, 2.05) is 18.2 Å². The molecule has 1 unspecified atom stereocenters. The van der Waals surface area contributed by atoms with Gasteiger partial charge in [-0.05, 0) is 25.1 Å². The number of benzene rings is 1. The normalized spacial score (nSPS) is 12.5. The Hall–Kier alpha value is -1.61. The van der Waals surface area contributed by atoms with Crippen molar-refractivity contribution in [2.75, 3.05) is 19.7 Å². The number of nitrogens with one attached hydrogen (secondary N) is 1. The molecule has 0 aliphatic heterocycles. The molecule has 0 aliphatic carbocycles. The van der Waals surface area contributed by atoms with Crippen molar-refractivity contribution in [2.24, 2.45) is 5.92 Å². The summed E-state index contributed by atoms with van der Waals surface area (Å²) < 4.78 is 5.80. The van der Waals surface area contributed by atoms with Gasteiger partial charge in [0.05, 0.1) is 18.3 Å². The molecule has 0 saturated heterocycles. The molecule has 2 aromatic rings. The van der Waals surface area contributed by atoms with E-state index in [-0.39, 0.29) is 0 Å². The lowest BCUT2D eigenvalue weighted by Gasteiger charge is -2.13. The van der Waals surface area contributed by atoms with Crippen molar-refractivity contribution in [1.29, 1.82) is 0 Å². The fourth-order valence-corrected chi connectivity index (χ4v) is 1.95. The van der Waals surface area contributed by atoms with Crippen LogP contribution in [0.4, 0.5) is 0 Å². The molecule has 0 bridgehead atoms. The minimum absolute atomic E-state index is 0.498. The Labute approximate surface area is 115 Å². The zero-order valence-electron chi connectivity index (χ0n) is 11.7. The van der Waals surface area contributed by atoms with Crippen LogP contribution in [0.5, 0.6) is 5.75 Å². The molecule has 2 rings (SSSR count). The lowest BCUT2D eigenvalue weighted by Crippen LogP contribution is -2.25. The zero-order chi connectivity index (χ0) is 13.5. The number of nitrogens with zero attached hydrogens (tertiary/aromatic N) is 1. The minimum atomic E-state index is 0.498. The van der Waals surface area contributed by atoms with Gasteiger partial charge in [-0.2, -0.15) is 0 Å². The van der Waals surface area contributed by atoms with Crippen molar-refractivity contribution in [2.45, 2.75) is 20.3 Å². The van der Waals surface area contributed by atoms with E-state index in [9.17, 15) is 0 Å². The van der Waals surface area contributed by atoms with Crippen molar-refractivity contribution in [3.05, 3.63) is 36.5 Å². The highest BCUT2D eigenvalue weighted by atomic mass is 16.5. The third kappa shape index (κ3) is 4.21. The number of para-hydroxylation sites is 1. The molecule has 0 aliphatic rings. The van der Waals surface area contributed by atoms with Gasteiger partial charge in [0.1, 0.15) is 5.75 Å². The summed E-state index contributed by atoms with van der Waals surface area (Å²) in [5.41, 5.74) is 1.01. The Kier molecular flexibility index (Phi) is 5.16. The van der Waals surface area contributed by atoms with Gasteiger partial charge in [-0.3, -0.25) is 4.98 Å². The van der Waals surface area contributed by atoms with E-state index in [1.54, 1.807) is 6.20 Å². The third-order valence-corrected chi connectivity index (χ3v) is 3.02. The first-order valence-corrected chi connectivity index (χ1v) is 6.98. The maximum Gasteiger partial charge on any atom is 0.138 e. The van der Waals surface area contributed by atoms with Crippen LogP contribution in [0.1, 0.15) is 20.3 Å². The molecule has 0 fully saturated rings. The molecule has 1 N–H and O–H groups in total. The predicted molar refractivity (Wildman–Crippen MR) is 79.6 cm³/mol. The lowest BCUT2D eigenvalue weighted by atomic mass is 10.2. The van der Waals surface area contributed by atoms with Gasteiger partial charge in [-0.25, -0.2) is 0 Å². The van der Waals surface area contributed by atoms with Crippen LogP contribution in [0.15, 0.2) is 36.5 Å². The molecule has 19 heavy (non-hydrogen) atoms. The van der Waals surface area contributed by atoms with Gasteiger partial charge in [-0.15, -0.1) is 0 Å². The molecular formula is C16H22N2O. The van der Waals surface area contributed by atoms with Crippen molar-refractivity contribution >= 4 is 10.9 Å². The highest BCUT2D eigenvalue weighted by Crippen LogP contribution is 2.18. The number of ether oxygens (including phenoxy) is 1. The number of aromatic nitrogens is 1. The highest BCUT2D eigenvalue weighted by Gasteiger charge is 2.04. The smallest absolute Gasteiger partial charge is 0.138 e. The molecule has 1 heterocycles. The highest BCUT2D eigenvalue weighted by molar-refractivity contribution is 5.79. The average molecular weight is 258 g/mol.